The number of nitrogens with zero attached hydrogens (tertiary/aromatic N) is 2. The molecule has 0 radical (unpaired) electrons. The number of thioether (sulfide) groups is 1. The number of amides is 4. The van der Waals surface area contributed by atoms with Crippen molar-refractivity contribution < 1.29 is 23.9 Å². The average Bonchev–Trinajstić information content (AvgIpc) is 3.20. The van der Waals surface area contributed by atoms with Gasteiger partial charge in [0.1, 0.15) is 11.8 Å². The predicted octanol–water partition coefficient (Wildman–Crippen LogP) is 4.11. The lowest BCUT2D eigenvalue weighted by molar-refractivity contribution is -0.136. The Hall–Kier alpha value is -4.11. The van der Waals surface area contributed by atoms with Gasteiger partial charge in [0.25, 0.3) is 5.91 Å². The number of hydrogen-bond donors (Lipinski definition) is 1. The molecule has 1 aliphatic rings. The highest BCUT2D eigenvalue weighted by molar-refractivity contribution is 8.00. The van der Waals surface area contributed by atoms with Crippen LogP contribution in [0.4, 0.5) is 11.4 Å². The highest BCUT2D eigenvalue weighted by Crippen LogP contribution is 2.31. The number of nitrogens with one attached hydrogen (secondary N) is 1. The molecule has 4 amide bonds. The lowest BCUT2D eigenvalue weighted by Crippen LogP contribution is -2.45. The first-order chi connectivity index (χ1) is 17.9. The minimum atomic E-state index is -0.923. The molecule has 0 aromatic heterocycles. The Morgan fingerprint density at radius 3 is 2.35 bits per heavy atom. The van der Waals surface area contributed by atoms with Crippen molar-refractivity contribution >= 4 is 46.8 Å². The Morgan fingerprint density at radius 2 is 1.68 bits per heavy atom. The summed E-state index contributed by atoms with van der Waals surface area (Å²) in [6.07, 6.45) is -0.107. The fraction of sp³-hybridized carbons (Fsp3) is 0.214. The van der Waals surface area contributed by atoms with E-state index in [4.69, 9.17) is 4.74 Å². The van der Waals surface area contributed by atoms with Gasteiger partial charge >= 0.3 is 0 Å². The number of hydrogen-bond acceptors (Lipinski definition) is 6. The lowest BCUT2D eigenvalue weighted by Gasteiger charge is -2.28. The van der Waals surface area contributed by atoms with E-state index in [1.165, 1.54) is 23.6 Å². The normalized spacial score (nSPS) is 15.0. The molecule has 1 atom stereocenters. The van der Waals surface area contributed by atoms with Crippen molar-refractivity contribution in [1.82, 2.24) is 4.90 Å². The second kappa shape index (κ2) is 11.7. The third-order valence-electron chi connectivity index (χ3n) is 5.88. The highest BCUT2D eigenvalue weighted by Gasteiger charge is 2.44. The first-order valence-corrected chi connectivity index (χ1v) is 12.7. The molecule has 9 heteroatoms. The maximum atomic E-state index is 13.5. The molecule has 0 saturated carbocycles. The van der Waals surface area contributed by atoms with Gasteiger partial charge in [-0.15, -0.1) is 11.8 Å². The van der Waals surface area contributed by atoms with Crippen molar-refractivity contribution in [1.29, 1.82) is 0 Å². The van der Waals surface area contributed by atoms with Gasteiger partial charge in [-0.05, 0) is 42.0 Å². The molecule has 37 heavy (non-hydrogen) atoms. The first-order valence-electron chi connectivity index (χ1n) is 11.7. The van der Waals surface area contributed by atoms with E-state index < -0.39 is 11.9 Å². The van der Waals surface area contributed by atoms with Crippen LogP contribution in [0.5, 0.6) is 5.75 Å². The molecule has 4 rings (SSSR count). The van der Waals surface area contributed by atoms with Crippen LogP contribution in [0, 0.1) is 0 Å². The van der Waals surface area contributed by atoms with Crippen molar-refractivity contribution in [2.24, 2.45) is 0 Å². The second-order valence-electron chi connectivity index (χ2n) is 8.46. The first kappa shape index (κ1) is 26.0. The summed E-state index contributed by atoms with van der Waals surface area (Å²) in [7, 11) is 1.57. The van der Waals surface area contributed by atoms with Gasteiger partial charge in [-0.3, -0.25) is 19.2 Å². The number of rotatable bonds is 9. The van der Waals surface area contributed by atoms with Crippen molar-refractivity contribution in [2.45, 2.75) is 30.8 Å². The van der Waals surface area contributed by atoms with Gasteiger partial charge in [-0.1, -0.05) is 42.5 Å². The standard InChI is InChI=1S/C28H27N3O5S/c1-19(32)29-21-12-14-22(15-13-21)31-26(33)16-23(28(31)35)30(17-20-8-4-3-5-9-20)27(34)18-37-25-11-7-6-10-24(25)36-2/h3-15,23H,16-18H2,1-2H3,(H,29,32). The van der Waals surface area contributed by atoms with Gasteiger partial charge in [0.15, 0.2) is 0 Å². The second-order valence-corrected chi connectivity index (χ2v) is 9.48. The molecule has 1 N–H and O–H groups in total. The van der Waals surface area contributed by atoms with Crippen LogP contribution in [0.3, 0.4) is 0 Å². The monoisotopic (exact) mass is 517 g/mol. The van der Waals surface area contributed by atoms with Gasteiger partial charge in [-0.2, -0.15) is 0 Å². The summed E-state index contributed by atoms with van der Waals surface area (Å²) < 4.78 is 5.38. The quantitative estimate of drug-likeness (QED) is 0.339. The largest absolute Gasteiger partial charge is 0.496 e. The van der Waals surface area contributed by atoms with Crippen LogP contribution < -0.4 is 15.0 Å². The topological polar surface area (TPSA) is 96.0 Å². The zero-order valence-corrected chi connectivity index (χ0v) is 21.4. The maximum absolute atomic E-state index is 13.5. The van der Waals surface area contributed by atoms with Crippen LogP contribution >= 0.6 is 11.8 Å². The number of methoxy groups -OCH3 is 1. The average molecular weight is 518 g/mol. The molecule has 0 aliphatic carbocycles. The Morgan fingerprint density at radius 1 is 1.00 bits per heavy atom. The third-order valence-corrected chi connectivity index (χ3v) is 6.92. The van der Waals surface area contributed by atoms with Gasteiger partial charge in [0.05, 0.1) is 25.0 Å². The third kappa shape index (κ3) is 6.18. The SMILES string of the molecule is COc1ccccc1SCC(=O)N(Cc1ccccc1)C1CC(=O)N(c2ccc(NC(C)=O)cc2)C1=O. The van der Waals surface area contributed by atoms with Crippen molar-refractivity contribution in [3.05, 3.63) is 84.4 Å². The van der Waals surface area contributed by atoms with Crippen molar-refractivity contribution in [2.75, 3.05) is 23.1 Å². The Kier molecular flexibility index (Phi) is 8.25. The lowest BCUT2D eigenvalue weighted by atomic mass is 10.1. The van der Waals surface area contributed by atoms with E-state index in [2.05, 4.69) is 5.32 Å². The minimum Gasteiger partial charge on any atom is -0.496 e. The summed E-state index contributed by atoms with van der Waals surface area (Å²) in [6.45, 7) is 1.60. The molecule has 190 valence electrons. The van der Waals surface area contributed by atoms with Gasteiger partial charge in [0, 0.05) is 24.1 Å². The van der Waals surface area contributed by atoms with Gasteiger partial charge in [-0.25, -0.2) is 4.90 Å². The molecular formula is C28H27N3O5S. The summed E-state index contributed by atoms with van der Waals surface area (Å²) in [5.74, 6) is -0.572. The molecule has 1 saturated heterocycles. The molecule has 1 unspecified atom stereocenters. The number of carbonyl (C=O) groups excluding carboxylic acids is 4. The molecular weight excluding hydrogens is 490 g/mol. The van der Waals surface area contributed by atoms with E-state index >= 15 is 0 Å². The van der Waals surface area contributed by atoms with Crippen molar-refractivity contribution in [3.63, 3.8) is 0 Å². The van der Waals surface area contributed by atoms with Gasteiger partial charge in [0.2, 0.25) is 17.7 Å². The van der Waals surface area contributed by atoms with E-state index in [9.17, 15) is 19.2 Å². The number of carbonyl (C=O) groups is 4. The summed E-state index contributed by atoms with van der Waals surface area (Å²) in [4.78, 5) is 54.7. The van der Waals surface area contributed by atoms with Crippen LogP contribution in [-0.2, 0) is 25.7 Å². The van der Waals surface area contributed by atoms with E-state index in [-0.39, 0.29) is 36.4 Å². The summed E-state index contributed by atoms with van der Waals surface area (Å²) in [5, 5.41) is 2.66. The smallest absolute Gasteiger partial charge is 0.257 e. The molecule has 1 aliphatic heterocycles. The number of para-hydroxylation sites is 1. The van der Waals surface area contributed by atoms with E-state index in [0.717, 1.165) is 15.4 Å². The number of benzene rings is 3. The minimum absolute atomic E-state index is 0.0800. The van der Waals surface area contributed by atoms with E-state index in [1.54, 1.807) is 31.4 Å². The van der Waals surface area contributed by atoms with Gasteiger partial charge < -0.3 is 15.0 Å². The fourth-order valence-electron chi connectivity index (χ4n) is 4.14. The molecule has 1 heterocycles. The van der Waals surface area contributed by atoms with Crippen LogP contribution in [0.2, 0.25) is 0 Å². The number of ether oxygens (including phenoxy) is 1. The molecule has 0 bridgehead atoms. The number of anilines is 2. The van der Waals surface area contributed by atoms with Crippen LogP contribution in [0.15, 0.2) is 83.8 Å². The Bertz CT molecular complexity index is 1300. The van der Waals surface area contributed by atoms with E-state index in [1.807, 2.05) is 54.6 Å². The van der Waals surface area contributed by atoms with Crippen LogP contribution in [0.1, 0.15) is 18.9 Å². The van der Waals surface area contributed by atoms with E-state index in [0.29, 0.717) is 17.1 Å². The van der Waals surface area contributed by atoms with Crippen LogP contribution in [-0.4, -0.2) is 47.4 Å². The highest BCUT2D eigenvalue weighted by atomic mass is 32.2. The molecule has 8 nitrogen and oxygen atoms in total. The summed E-state index contributed by atoms with van der Waals surface area (Å²) in [6, 6.07) is 22.3. The predicted molar refractivity (Wildman–Crippen MR) is 142 cm³/mol. The molecule has 0 spiro atoms. The fourth-order valence-corrected chi connectivity index (χ4v) is 5.05. The molecule has 1 fully saturated rings. The zero-order valence-electron chi connectivity index (χ0n) is 20.5. The summed E-state index contributed by atoms with van der Waals surface area (Å²) >= 11 is 1.32. The maximum Gasteiger partial charge on any atom is 0.257 e. The number of imide groups is 1. The van der Waals surface area contributed by atoms with Crippen molar-refractivity contribution in [3.8, 4) is 5.75 Å². The Labute approximate surface area is 219 Å². The summed E-state index contributed by atoms with van der Waals surface area (Å²) in [5.41, 5.74) is 1.81. The Balaban J connectivity index is 1.56. The molecule has 3 aromatic carbocycles. The van der Waals surface area contributed by atoms with Crippen LogP contribution in [0.25, 0.3) is 0 Å². The molecule has 3 aromatic rings. The zero-order chi connectivity index (χ0) is 26.4.